The number of carbonyl (C=O) groups excluding carboxylic acids is 2. The second-order valence-corrected chi connectivity index (χ2v) is 10.4. The molecule has 0 saturated heterocycles. The van der Waals surface area contributed by atoms with Gasteiger partial charge in [-0.05, 0) is 17.7 Å². The van der Waals surface area contributed by atoms with E-state index in [0.29, 0.717) is 12.4 Å². The van der Waals surface area contributed by atoms with Gasteiger partial charge >= 0.3 is 0 Å². The van der Waals surface area contributed by atoms with E-state index in [1.54, 1.807) is 9.58 Å². The van der Waals surface area contributed by atoms with E-state index in [1.807, 2.05) is 87.5 Å². The van der Waals surface area contributed by atoms with Crippen LogP contribution in [-0.2, 0) is 21.5 Å². The van der Waals surface area contributed by atoms with Gasteiger partial charge in [-0.2, -0.15) is 5.10 Å². The molecule has 33 heavy (non-hydrogen) atoms. The minimum atomic E-state index is -0.597. The summed E-state index contributed by atoms with van der Waals surface area (Å²) in [6, 6.07) is 21.3. The first-order valence-corrected chi connectivity index (χ1v) is 11.2. The van der Waals surface area contributed by atoms with Crippen molar-refractivity contribution in [1.82, 2.24) is 14.7 Å². The van der Waals surface area contributed by atoms with Crippen molar-refractivity contribution in [3.63, 3.8) is 0 Å². The molecule has 2 aromatic carbocycles. The molecule has 1 heterocycles. The van der Waals surface area contributed by atoms with Crippen LogP contribution in [0.25, 0.3) is 5.69 Å². The smallest absolute Gasteiger partial charge is 0.245 e. The Hall–Kier alpha value is -3.41. The summed E-state index contributed by atoms with van der Waals surface area (Å²) in [5.74, 6) is 0.244. The predicted octanol–water partition coefficient (Wildman–Crippen LogP) is 5.18. The summed E-state index contributed by atoms with van der Waals surface area (Å²) in [6.07, 6.45) is 0. The number of hydrogen-bond donors (Lipinski definition) is 1. The van der Waals surface area contributed by atoms with Crippen molar-refractivity contribution in [2.75, 3.05) is 11.9 Å². The van der Waals surface area contributed by atoms with Gasteiger partial charge in [0.25, 0.3) is 0 Å². The van der Waals surface area contributed by atoms with E-state index in [2.05, 4.69) is 26.1 Å². The topological polar surface area (TPSA) is 67.2 Å². The molecule has 0 aliphatic heterocycles. The van der Waals surface area contributed by atoms with Crippen LogP contribution >= 0.6 is 0 Å². The van der Waals surface area contributed by atoms with Gasteiger partial charge in [0.1, 0.15) is 12.4 Å². The normalized spacial score (nSPS) is 11.8. The van der Waals surface area contributed by atoms with Gasteiger partial charge in [-0.25, -0.2) is 4.68 Å². The Kier molecular flexibility index (Phi) is 7.06. The Morgan fingerprint density at radius 2 is 1.48 bits per heavy atom. The molecule has 0 bridgehead atoms. The first kappa shape index (κ1) is 24.2. The van der Waals surface area contributed by atoms with Gasteiger partial charge < -0.3 is 10.2 Å². The van der Waals surface area contributed by atoms with E-state index in [-0.39, 0.29) is 23.8 Å². The Morgan fingerprint density at radius 1 is 0.909 bits per heavy atom. The molecule has 0 aliphatic carbocycles. The summed E-state index contributed by atoms with van der Waals surface area (Å²) in [4.78, 5) is 27.9. The lowest BCUT2D eigenvalue weighted by Gasteiger charge is -2.29. The summed E-state index contributed by atoms with van der Waals surface area (Å²) < 4.78 is 1.74. The van der Waals surface area contributed by atoms with Crippen molar-refractivity contribution < 1.29 is 9.59 Å². The van der Waals surface area contributed by atoms with Crippen molar-refractivity contribution in [3.05, 3.63) is 78.0 Å². The van der Waals surface area contributed by atoms with E-state index in [1.165, 1.54) is 0 Å². The lowest BCUT2D eigenvalue weighted by molar-refractivity contribution is -0.142. The third-order valence-corrected chi connectivity index (χ3v) is 5.23. The van der Waals surface area contributed by atoms with Gasteiger partial charge in [-0.3, -0.25) is 9.59 Å². The van der Waals surface area contributed by atoms with Crippen molar-refractivity contribution in [2.45, 2.75) is 53.5 Å². The van der Waals surface area contributed by atoms with Crippen LogP contribution in [-0.4, -0.2) is 33.0 Å². The number of rotatable bonds is 6. The zero-order valence-corrected chi connectivity index (χ0v) is 20.4. The predicted molar refractivity (Wildman–Crippen MR) is 132 cm³/mol. The molecule has 0 spiro atoms. The Balaban J connectivity index is 1.86. The minimum absolute atomic E-state index is 0.0458. The SMILES string of the molecule is CC(C)(C)C(=O)N(CC(=O)Nc1cc(C(C)(C)C)nn1-c1ccccc1)Cc1ccccc1. The van der Waals surface area contributed by atoms with E-state index in [4.69, 9.17) is 5.10 Å². The molecular formula is C27H34N4O2. The lowest BCUT2D eigenvalue weighted by atomic mass is 9.92. The molecule has 3 aromatic rings. The van der Waals surface area contributed by atoms with Crippen LogP contribution in [0.15, 0.2) is 66.7 Å². The standard InChI is InChI=1S/C27H34N4O2/c1-26(2,3)22-17-23(31(29-22)21-15-11-8-12-16-21)28-24(32)19-30(25(33)27(4,5)6)18-20-13-9-7-10-14-20/h7-17H,18-19H2,1-6H3,(H,28,32). The summed E-state index contributed by atoms with van der Waals surface area (Å²) in [5.41, 5.74) is 1.93. The van der Waals surface area contributed by atoms with Gasteiger partial charge in [0.2, 0.25) is 11.8 Å². The Bertz CT molecular complexity index is 1090. The van der Waals surface area contributed by atoms with Gasteiger partial charge in [0, 0.05) is 23.4 Å². The average Bonchev–Trinajstić information content (AvgIpc) is 3.17. The maximum Gasteiger partial charge on any atom is 0.245 e. The number of para-hydroxylation sites is 1. The monoisotopic (exact) mass is 446 g/mol. The first-order chi connectivity index (χ1) is 15.4. The second kappa shape index (κ2) is 9.61. The molecule has 2 amide bonds. The third kappa shape index (κ3) is 6.31. The van der Waals surface area contributed by atoms with Crippen LogP contribution < -0.4 is 5.32 Å². The summed E-state index contributed by atoms with van der Waals surface area (Å²) >= 11 is 0. The maximum absolute atomic E-state index is 13.1. The first-order valence-electron chi connectivity index (χ1n) is 11.2. The van der Waals surface area contributed by atoms with Crippen molar-refractivity contribution in [2.24, 2.45) is 5.41 Å². The highest BCUT2D eigenvalue weighted by molar-refractivity contribution is 5.95. The van der Waals surface area contributed by atoms with E-state index in [9.17, 15) is 9.59 Å². The molecule has 0 radical (unpaired) electrons. The number of amides is 2. The Labute approximate surface area is 196 Å². The molecule has 0 saturated carbocycles. The number of nitrogens with one attached hydrogen (secondary N) is 1. The molecule has 0 unspecified atom stereocenters. The molecule has 0 fully saturated rings. The van der Waals surface area contributed by atoms with Crippen molar-refractivity contribution in [3.8, 4) is 5.69 Å². The number of nitrogens with zero attached hydrogens (tertiary/aromatic N) is 3. The number of anilines is 1. The number of benzene rings is 2. The van der Waals surface area contributed by atoms with E-state index >= 15 is 0 Å². The largest absolute Gasteiger partial charge is 0.329 e. The van der Waals surface area contributed by atoms with Crippen molar-refractivity contribution >= 4 is 17.6 Å². The molecule has 1 N–H and O–H groups in total. The zero-order chi connectivity index (χ0) is 24.2. The molecule has 0 aliphatic rings. The fourth-order valence-electron chi connectivity index (χ4n) is 3.44. The van der Waals surface area contributed by atoms with Gasteiger partial charge in [0.05, 0.1) is 11.4 Å². The minimum Gasteiger partial charge on any atom is -0.329 e. The van der Waals surface area contributed by atoms with Crippen LogP contribution in [0.1, 0.15) is 52.8 Å². The van der Waals surface area contributed by atoms with E-state index < -0.39 is 5.41 Å². The van der Waals surface area contributed by atoms with E-state index in [0.717, 1.165) is 16.9 Å². The summed E-state index contributed by atoms with van der Waals surface area (Å²) in [7, 11) is 0. The fraction of sp³-hybridized carbons (Fsp3) is 0.370. The zero-order valence-electron chi connectivity index (χ0n) is 20.4. The molecule has 6 heteroatoms. The maximum atomic E-state index is 13.1. The highest BCUT2D eigenvalue weighted by atomic mass is 16.2. The molecule has 1 aromatic heterocycles. The number of carbonyl (C=O) groups is 2. The van der Waals surface area contributed by atoms with Gasteiger partial charge in [-0.15, -0.1) is 0 Å². The summed E-state index contributed by atoms with van der Waals surface area (Å²) in [6.45, 7) is 12.2. The van der Waals surface area contributed by atoms with Crippen molar-refractivity contribution in [1.29, 1.82) is 0 Å². The number of aromatic nitrogens is 2. The summed E-state index contributed by atoms with van der Waals surface area (Å²) in [5, 5.41) is 7.74. The second-order valence-electron chi connectivity index (χ2n) is 10.4. The van der Waals surface area contributed by atoms with Crippen LogP contribution in [0, 0.1) is 5.41 Å². The van der Waals surface area contributed by atoms with Gasteiger partial charge in [-0.1, -0.05) is 90.1 Å². The van der Waals surface area contributed by atoms with Crippen LogP contribution in [0.5, 0.6) is 0 Å². The average molecular weight is 447 g/mol. The Morgan fingerprint density at radius 3 is 2.03 bits per heavy atom. The van der Waals surface area contributed by atoms with Crippen LogP contribution in [0.2, 0.25) is 0 Å². The molecule has 174 valence electrons. The fourth-order valence-corrected chi connectivity index (χ4v) is 3.44. The third-order valence-electron chi connectivity index (χ3n) is 5.23. The van der Waals surface area contributed by atoms with Crippen LogP contribution in [0.4, 0.5) is 5.82 Å². The highest BCUT2D eigenvalue weighted by Crippen LogP contribution is 2.26. The molecule has 3 rings (SSSR count). The van der Waals surface area contributed by atoms with Crippen LogP contribution in [0.3, 0.4) is 0 Å². The number of hydrogen-bond acceptors (Lipinski definition) is 3. The van der Waals surface area contributed by atoms with Gasteiger partial charge in [0.15, 0.2) is 0 Å². The lowest BCUT2D eigenvalue weighted by Crippen LogP contribution is -2.43. The quantitative estimate of drug-likeness (QED) is 0.567. The molecule has 0 atom stereocenters. The molecular weight excluding hydrogens is 412 g/mol. The highest BCUT2D eigenvalue weighted by Gasteiger charge is 2.29. The molecule has 6 nitrogen and oxygen atoms in total.